The number of aliphatic hydroxyl groups is 1. The lowest BCUT2D eigenvalue weighted by Gasteiger charge is -2.02. The average molecular weight is 166 g/mol. The number of hydrogen-bond donors (Lipinski definition) is 2. The first-order valence-electron chi connectivity index (χ1n) is 4.14. The Morgan fingerprint density at radius 2 is 2.25 bits per heavy atom. The summed E-state index contributed by atoms with van der Waals surface area (Å²) in [5.41, 5.74) is 7.57. The fraction of sp³-hybridized carbons (Fsp3) is 0.444. The molecule has 3 nitrogen and oxygen atoms in total. The minimum absolute atomic E-state index is 0.250. The van der Waals surface area contributed by atoms with Crippen molar-refractivity contribution in [1.29, 1.82) is 0 Å². The first-order valence-corrected chi connectivity index (χ1v) is 4.14. The molecule has 1 rings (SSSR count). The van der Waals surface area contributed by atoms with Crippen LogP contribution < -0.4 is 5.73 Å². The van der Waals surface area contributed by atoms with E-state index >= 15 is 0 Å². The Labute approximate surface area is 72.2 Å². The second kappa shape index (κ2) is 4.72. The van der Waals surface area contributed by atoms with Crippen LogP contribution in [0.1, 0.15) is 18.4 Å². The summed E-state index contributed by atoms with van der Waals surface area (Å²) < 4.78 is 0. The molecule has 0 bridgehead atoms. The number of unbranched alkanes of at least 4 members (excludes halogenated alkanes) is 1. The molecule has 0 fully saturated rings. The van der Waals surface area contributed by atoms with Crippen LogP contribution in [0, 0.1) is 0 Å². The standard InChI is InChI=1S/C9H14N2O/c10-9-4-5-11-7-8(9)3-1-2-6-12/h4-5,7,12H,1-3,6H2,(H2,10,11). The molecule has 1 heterocycles. The maximum atomic E-state index is 8.57. The maximum absolute atomic E-state index is 8.57. The van der Waals surface area contributed by atoms with E-state index in [9.17, 15) is 0 Å². The molecule has 0 aliphatic heterocycles. The van der Waals surface area contributed by atoms with Crippen LogP contribution in [0.25, 0.3) is 0 Å². The average Bonchev–Trinajstić information content (AvgIpc) is 2.09. The smallest absolute Gasteiger partial charge is 0.0431 e. The van der Waals surface area contributed by atoms with Gasteiger partial charge >= 0.3 is 0 Å². The van der Waals surface area contributed by atoms with Crippen molar-refractivity contribution in [1.82, 2.24) is 4.98 Å². The Kier molecular flexibility index (Phi) is 3.54. The molecule has 0 saturated carbocycles. The highest BCUT2D eigenvalue weighted by molar-refractivity contribution is 5.44. The summed E-state index contributed by atoms with van der Waals surface area (Å²) in [5.74, 6) is 0. The molecule has 3 N–H and O–H groups in total. The first kappa shape index (κ1) is 9.00. The number of hydrogen-bond acceptors (Lipinski definition) is 3. The van der Waals surface area contributed by atoms with Gasteiger partial charge in [0.2, 0.25) is 0 Å². The van der Waals surface area contributed by atoms with Gasteiger partial charge in [0.05, 0.1) is 0 Å². The largest absolute Gasteiger partial charge is 0.398 e. The van der Waals surface area contributed by atoms with E-state index in [4.69, 9.17) is 10.8 Å². The van der Waals surface area contributed by atoms with Crippen molar-refractivity contribution in [2.75, 3.05) is 12.3 Å². The van der Waals surface area contributed by atoms with Gasteiger partial charge in [-0.15, -0.1) is 0 Å². The number of aryl methyl sites for hydroxylation is 1. The van der Waals surface area contributed by atoms with Gasteiger partial charge in [0, 0.05) is 24.7 Å². The summed E-state index contributed by atoms with van der Waals surface area (Å²) in [5, 5.41) is 8.57. The third-order valence-corrected chi connectivity index (χ3v) is 1.80. The van der Waals surface area contributed by atoms with Crippen molar-refractivity contribution in [3.05, 3.63) is 24.0 Å². The van der Waals surface area contributed by atoms with E-state index in [1.807, 2.05) is 0 Å². The second-order valence-electron chi connectivity index (χ2n) is 2.76. The van der Waals surface area contributed by atoms with Gasteiger partial charge in [-0.2, -0.15) is 0 Å². The fourth-order valence-corrected chi connectivity index (χ4v) is 1.07. The van der Waals surface area contributed by atoms with Crippen molar-refractivity contribution in [2.24, 2.45) is 0 Å². The van der Waals surface area contributed by atoms with Crippen LogP contribution in [0.3, 0.4) is 0 Å². The molecule has 0 saturated heterocycles. The van der Waals surface area contributed by atoms with Crippen molar-refractivity contribution in [2.45, 2.75) is 19.3 Å². The number of anilines is 1. The van der Waals surface area contributed by atoms with E-state index in [0.717, 1.165) is 30.5 Å². The van der Waals surface area contributed by atoms with Crippen LogP contribution >= 0.6 is 0 Å². The molecule has 0 amide bonds. The topological polar surface area (TPSA) is 59.1 Å². The number of pyridine rings is 1. The van der Waals surface area contributed by atoms with Gasteiger partial charge in [0.15, 0.2) is 0 Å². The molecule has 0 atom stereocenters. The zero-order valence-electron chi connectivity index (χ0n) is 7.03. The van der Waals surface area contributed by atoms with Crippen LogP contribution in [0.15, 0.2) is 18.5 Å². The molecule has 0 aliphatic rings. The molecule has 0 aliphatic carbocycles. The van der Waals surface area contributed by atoms with Crippen LogP contribution in [-0.2, 0) is 6.42 Å². The van der Waals surface area contributed by atoms with Crippen molar-refractivity contribution >= 4 is 5.69 Å². The monoisotopic (exact) mass is 166 g/mol. The maximum Gasteiger partial charge on any atom is 0.0431 e. The van der Waals surface area contributed by atoms with E-state index in [1.165, 1.54) is 0 Å². The van der Waals surface area contributed by atoms with Gasteiger partial charge < -0.3 is 10.8 Å². The molecule has 1 aromatic heterocycles. The molecule has 1 aromatic rings. The quantitative estimate of drug-likeness (QED) is 0.655. The Hall–Kier alpha value is -1.09. The lowest BCUT2D eigenvalue weighted by Crippen LogP contribution is -1.96. The highest BCUT2D eigenvalue weighted by Gasteiger charge is 1.96. The van der Waals surface area contributed by atoms with Crippen molar-refractivity contribution in [3.8, 4) is 0 Å². The van der Waals surface area contributed by atoms with Crippen LogP contribution in [-0.4, -0.2) is 16.7 Å². The highest BCUT2D eigenvalue weighted by Crippen LogP contribution is 2.11. The summed E-state index contributed by atoms with van der Waals surface area (Å²) in [6, 6.07) is 1.80. The van der Waals surface area contributed by atoms with Gasteiger partial charge in [0.1, 0.15) is 0 Å². The van der Waals surface area contributed by atoms with Gasteiger partial charge in [0.25, 0.3) is 0 Å². The van der Waals surface area contributed by atoms with E-state index < -0.39 is 0 Å². The van der Waals surface area contributed by atoms with Crippen LogP contribution in [0.5, 0.6) is 0 Å². The zero-order valence-corrected chi connectivity index (χ0v) is 7.03. The summed E-state index contributed by atoms with van der Waals surface area (Å²) in [6.07, 6.45) is 6.17. The fourth-order valence-electron chi connectivity index (χ4n) is 1.07. The highest BCUT2D eigenvalue weighted by atomic mass is 16.2. The first-order chi connectivity index (χ1) is 5.84. The van der Waals surface area contributed by atoms with E-state index in [0.29, 0.717) is 0 Å². The minimum Gasteiger partial charge on any atom is -0.398 e. The van der Waals surface area contributed by atoms with Crippen molar-refractivity contribution < 1.29 is 5.11 Å². The van der Waals surface area contributed by atoms with Crippen molar-refractivity contribution in [3.63, 3.8) is 0 Å². The van der Waals surface area contributed by atoms with Gasteiger partial charge in [-0.25, -0.2) is 0 Å². The molecule has 3 heteroatoms. The molecule has 0 aromatic carbocycles. The molecule has 12 heavy (non-hydrogen) atoms. The Balaban J connectivity index is 2.46. The van der Waals surface area contributed by atoms with E-state index in [-0.39, 0.29) is 6.61 Å². The van der Waals surface area contributed by atoms with E-state index in [2.05, 4.69) is 4.98 Å². The predicted octanol–water partition coefficient (Wildman–Crippen LogP) is 0.979. The molecule has 0 unspecified atom stereocenters. The molecule has 66 valence electrons. The number of rotatable bonds is 4. The number of nitrogen functional groups attached to an aromatic ring is 1. The summed E-state index contributed by atoms with van der Waals surface area (Å²) in [4.78, 5) is 3.98. The Morgan fingerprint density at radius 1 is 1.42 bits per heavy atom. The number of aromatic nitrogens is 1. The van der Waals surface area contributed by atoms with E-state index in [1.54, 1.807) is 18.5 Å². The SMILES string of the molecule is Nc1ccncc1CCCCO. The van der Waals surface area contributed by atoms with Gasteiger partial charge in [-0.3, -0.25) is 4.98 Å². The Morgan fingerprint density at radius 3 is 2.92 bits per heavy atom. The second-order valence-corrected chi connectivity index (χ2v) is 2.76. The van der Waals surface area contributed by atoms with Gasteiger partial charge in [-0.05, 0) is 30.9 Å². The summed E-state index contributed by atoms with van der Waals surface area (Å²) in [7, 11) is 0. The number of nitrogens with zero attached hydrogens (tertiary/aromatic N) is 1. The third-order valence-electron chi connectivity index (χ3n) is 1.80. The normalized spacial score (nSPS) is 10.1. The molecule has 0 radical (unpaired) electrons. The zero-order chi connectivity index (χ0) is 8.81. The lowest BCUT2D eigenvalue weighted by molar-refractivity contribution is 0.284. The third kappa shape index (κ3) is 2.51. The molecular formula is C9H14N2O. The number of nitrogens with two attached hydrogens (primary N) is 1. The van der Waals surface area contributed by atoms with Gasteiger partial charge in [-0.1, -0.05) is 0 Å². The minimum atomic E-state index is 0.250. The number of aliphatic hydroxyl groups excluding tert-OH is 1. The van der Waals surface area contributed by atoms with Crippen LogP contribution in [0.2, 0.25) is 0 Å². The summed E-state index contributed by atoms with van der Waals surface area (Å²) in [6.45, 7) is 0.250. The molecule has 0 spiro atoms. The molecular weight excluding hydrogens is 152 g/mol. The Bertz CT molecular complexity index is 238. The summed E-state index contributed by atoms with van der Waals surface area (Å²) >= 11 is 0. The predicted molar refractivity (Wildman–Crippen MR) is 48.7 cm³/mol. The lowest BCUT2D eigenvalue weighted by atomic mass is 10.1. The van der Waals surface area contributed by atoms with Crippen LogP contribution in [0.4, 0.5) is 5.69 Å².